The molecule has 0 unspecified atom stereocenters. The molecule has 0 radical (unpaired) electrons. The molecular weight excluding hydrogens is 566 g/mol. The second kappa shape index (κ2) is 10.8. The minimum Gasteiger partial charge on any atom is -0.486 e. The lowest BCUT2D eigenvalue weighted by Gasteiger charge is -2.09. The van der Waals surface area contributed by atoms with Crippen LogP contribution in [0, 0.1) is 17.0 Å². The summed E-state index contributed by atoms with van der Waals surface area (Å²) in [5, 5.41) is 13.8. The van der Waals surface area contributed by atoms with Crippen molar-refractivity contribution >= 4 is 56.1 Å². The number of hydrogen-bond acceptors (Lipinski definition) is 9. The number of aryl methyl sites for hydroxylation is 1. The maximum atomic E-state index is 13.7. The Morgan fingerprint density at radius 3 is 2.52 bits per heavy atom. The molecule has 4 heterocycles. The Bertz CT molecular complexity index is 1760. The number of nitrogens with two attached hydrogens (primary N) is 1. The number of hydrogen-bond donors (Lipinski definition) is 2. The van der Waals surface area contributed by atoms with Gasteiger partial charge >= 0.3 is 0 Å². The fraction of sp³-hybridized carbons (Fsp3) is 0.115. The van der Waals surface area contributed by atoms with E-state index in [0.717, 1.165) is 16.2 Å². The molecule has 5 rings (SSSR count). The van der Waals surface area contributed by atoms with Crippen molar-refractivity contribution in [3.8, 4) is 16.2 Å². The number of ether oxygens (including phenoxy) is 1. The van der Waals surface area contributed by atoms with E-state index in [9.17, 15) is 28.5 Å². The third-order valence-electron chi connectivity index (χ3n) is 5.69. The third kappa shape index (κ3) is 5.39. The molecule has 0 bridgehead atoms. The van der Waals surface area contributed by atoms with Gasteiger partial charge in [-0.1, -0.05) is 0 Å². The van der Waals surface area contributed by atoms with Crippen LogP contribution in [0.5, 0.6) is 5.75 Å². The summed E-state index contributed by atoms with van der Waals surface area (Å²) >= 11 is 2.17. The first-order valence-corrected chi connectivity index (χ1v) is 13.1. The number of alkyl halides is 2. The molecule has 204 valence electrons. The topological polar surface area (TPSA) is 151 Å². The molecule has 3 N–H and O–H groups in total. The van der Waals surface area contributed by atoms with Gasteiger partial charge in [0, 0.05) is 32.8 Å². The molecule has 14 heteroatoms. The summed E-state index contributed by atoms with van der Waals surface area (Å²) in [5.74, 6) is -1.04. The van der Waals surface area contributed by atoms with Crippen LogP contribution in [0.2, 0.25) is 0 Å². The second-order valence-electron chi connectivity index (χ2n) is 8.42. The first-order valence-electron chi connectivity index (χ1n) is 11.5. The maximum Gasteiger partial charge on any atom is 0.291 e. The number of carbonyl (C=O) groups is 2. The van der Waals surface area contributed by atoms with Gasteiger partial charge in [-0.3, -0.25) is 19.7 Å². The molecule has 0 spiro atoms. The van der Waals surface area contributed by atoms with E-state index in [1.54, 1.807) is 6.07 Å². The molecule has 40 heavy (non-hydrogen) atoms. The van der Waals surface area contributed by atoms with Gasteiger partial charge in [0.2, 0.25) is 0 Å². The van der Waals surface area contributed by atoms with Crippen LogP contribution in [0.25, 0.3) is 20.7 Å². The maximum absolute atomic E-state index is 13.7. The van der Waals surface area contributed by atoms with Crippen LogP contribution in [-0.2, 0) is 6.61 Å². The number of halogens is 2. The number of nitro benzene ring substituents is 1. The van der Waals surface area contributed by atoms with E-state index >= 15 is 0 Å². The summed E-state index contributed by atoms with van der Waals surface area (Å²) < 4.78 is 38.4. The third-order valence-corrected chi connectivity index (χ3v) is 7.82. The summed E-state index contributed by atoms with van der Waals surface area (Å²) in [5.41, 5.74) is 5.46. The van der Waals surface area contributed by atoms with Gasteiger partial charge in [-0.25, -0.2) is 13.8 Å². The molecule has 0 aliphatic carbocycles. The molecule has 0 atom stereocenters. The summed E-state index contributed by atoms with van der Waals surface area (Å²) in [7, 11) is 0. The van der Waals surface area contributed by atoms with Crippen LogP contribution in [0.15, 0.2) is 59.0 Å². The van der Waals surface area contributed by atoms with Gasteiger partial charge in [0.25, 0.3) is 23.9 Å². The van der Waals surface area contributed by atoms with Crippen LogP contribution in [0.1, 0.15) is 43.0 Å². The monoisotopic (exact) mass is 584 g/mol. The number of fused-ring (bicyclic) bond motifs is 1. The minimum absolute atomic E-state index is 0.0481. The quantitative estimate of drug-likeness (QED) is 0.144. The zero-order chi connectivity index (χ0) is 28.6. The Labute approximate surface area is 232 Å². The van der Waals surface area contributed by atoms with E-state index in [-0.39, 0.29) is 39.2 Å². The molecule has 1 aromatic carbocycles. The van der Waals surface area contributed by atoms with Gasteiger partial charge in [0.1, 0.15) is 33.5 Å². The molecule has 2 amide bonds. The van der Waals surface area contributed by atoms with Crippen molar-refractivity contribution in [2.24, 2.45) is 5.73 Å². The molecule has 0 fully saturated rings. The average Bonchev–Trinajstić information content (AvgIpc) is 3.66. The number of nitrogens with zero attached hydrogens (tertiary/aromatic N) is 2. The number of furan rings is 1. The number of pyridine rings is 1. The van der Waals surface area contributed by atoms with Crippen molar-refractivity contribution in [1.82, 2.24) is 4.98 Å². The van der Waals surface area contributed by atoms with Crippen LogP contribution >= 0.6 is 22.7 Å². The zero-order valence-corrected chi connectivity index (χ0v) is 22.1. The predicted molar refractivity (Wildman–Crippen MR) is 145 cm³/mol. The number of aromatic nitrogens is 1. The molecule has 0 aliphatic rings. The summed E-state index contributed by atoms with van der Waals surface area (Å²) in [6, 6.07) is 13.2. The van der Waals surface area contributed by atoms with E-state index < -0.39 is 28.9 Å². The van der Waals surface area contributed by atoms with Gasteiger partial charge in [-0.15, -0.1) is 22.7 Å². The first kappa shape index (κ1) is 26.9. The Morgan fingerprint density at radius 2 is 1.90 bits per heavy atom. The van der Waals surface area contributed by atoms with Gasteiger partial charge in [0.05, 0.1) is 10.6 Å². The van der Waals surface area contributed by atoms with Crippen molar-refractivity contribution in [2.75, 3.05) is 5.32 Å². The fourth-order valence-corrected chi connectivity index (χ4v) is 5.77. The summed E-state index contributed by atoms with van der Waals surface area (Å²) in [4.78, 5) is 41.4. The number of carbonyl (C=O) groups excluding carboxylic acids is 2. The van der Waals surface area contributed by atoms with Crippen molar-refractivity contribution in [2.45, 2.75) is 20.0 Å². The lowest BCUT2D eigenvalue weighted by molar-refractivity contribution is -0.384. The molecule has 0 saturated carbocycles. The molecule has 0 saturated heterocycles. The molecule has 5 aromatic rings. The van der Waals surface area contributed by atoms with Gasteiger partial charge in [-0.05, 0) is 49.4 Å². The zero-order valence-electron chi connectivity index (χ0n) is 20.5. The van der Waals surface area contributed by atoms with Crippen molar-refractivity contribution in [3.63, 3.8) is 0 Å². The predicted octanol–water partition coefficient (Wildman–Crippen LogP) is 6.70. The highest BCUT2D eigenvalue weighted by molar-refractivity contribution is 7.21. The lowest BCUT2D eigenvalue weighted by Crippen LogP contribution is -2.16. The number of nitro groups is 1. The van der Waals surface area contributed by atoms with Crippen molar-refractivity contribution in [1.29, 1.82) is 0 Å². The van der Waals surface area contributed by atoms with E-state index in [2.05, 4.69) is 10.3 Å². The number of non-ortho nitro benzene ring substituents is 1. The van der Waals surface area contributed by atoms with E-state index in [4.69, 9.17) is 14.9 Å². The van der Waals surface area contributed by atoms with Crippen LogP contribution in [0.4, 0.5) is 20.2 Å². The number of thiophene rings is 2. The lowest BCUT2D eigenvalue weighted by atomic mass is 10.1. The number of nitrogens with one attached hydrogen (secondary N) is 1. The van der Waals surface area contributed by atoms with Gasteiger partial charge < -0.3 is 20.2 Å². The highest BCUT2D eigenvalue weighted by Crippen LogP contribution is 2.44. The molecular formula is C26H18F2N4O6S2. The Balaban J connectivity index is 1.44. The Morgan fingerprint density at radius 1 is 1.15 bits per heavy atom. The molecule has 10 nitrogen and oxygen atoms in total. The highest BCUT2D eigenvalue weighted by Gasteiger charge is 2.26. The first-order chi connectivity index (χ1) is 19.1. The van der Waals surface area contributed by atoms with Crippen LogP contribution < -0.4 is 15.8 Å². The minimum atomic E-state index is -2.85. The summed E-state index contributed by atoms with van der Waals surface area (Å²) in [6.45, 7) is 1.80. The van der Waals surface area contributed by atoms with E-state index in [1.807, 2.05) is 13.0 Å². The number of primary amides is 1. The normalized spacial score (nSPS) is 11.2. The Hall–Kier alpha value is -4.69. The number of amides is 2. The number of benzene rings is 1. The standard InChI is InChI=1S/C26H18F2N4O6S2/c1-12-2-9-19(39-12)16-10-17(23(27)28)30-26-20(16)21(22(40-26)24(29)33)31-25(34)18-8-7-15(38-18)11-37-14-5-3-13(4-6-14)32(35)36/h2-10,23H,11H2,1H3,(H2,29,33)(H,31,34). The highest BCUT2D eigenvalue weighted by atomic mass is 32.1. The Kier molecular flexibility index (Phi) is 7.28. The fourth-order valence-electron chi connectivity index (χ4n) is 3.87. The SMILES string of the molecule is Cc1ccc(-c2cc(C(F)F)nc3sc(C(N)=O)c(NC(=O)c4ccc(COc5ccc([N+](=O)[O-])cc5)o4)c23)s1. The number of rotatable bonds is 9. The molecule has 0 aliphatic heterocycles. The average molecular weight is 585 g/mol. The second-order valence-corrected chi connectivity index (χ2v) is 10.7. The van der Waals surface area contributed by atoms with Crippen molar-refractivity contribution < 1.29 is 32.4 Å². The smallest absolute Gasteiger partial charge is 0.291 e. The number of anilines is 1. The molecule has 4 aromatic heterocycles. The van der Waals surface area contributed by atoms with Gasteiger partial charge in [-0.2, -0.15) is 0 Å². The van der Waals surface area contributed by atoms with E-state index in [0.29, 0.717) is 21.6 Å². The van der Waals surface area contributed by atoms with E-state index in [1.165, 1.54) is 53.8 Å². The van der Waals surface area contributed by atoms with Crippen LogP contribution in [-0.4, -0.2) is 21.7 Å². The van der Waals surface area contributed by atoms with Crippen molar-refractivity contribution in [3.05, 3.63) is 91.7 Å². The largest absolute Gasteiger partial charge is 0.486 e. The van der Waals surface area contributed by atoms with Gasteiger partial charge in [0.15, 0.2) is 5.76 Å². The summed E-state index contributed by atoms with van der Waals surface area (Å²) in [6.07, 6.45) is -2.85. The van der Waals surface area contributed by atoms with Crippen LogP contribution in [0.3, 0.4) is 0 Å².